The summed E-state index contributed by atoms with van der Waals surface area (Å²) in [6.07, 6.45) is 1.85. The van der Waals surface area contributed by atoms with E-state index in [1.807, 2.05) is 36.5 Å². The van der Waals surface area contributed by atoms with Gasteiger partial charge in [0, 0.05) is 15.6 Å². The molecule has 128 valence electrons. The minimum atomic E-state index is -0.364. The first-order valence-electron chi connectivity index (χ1n) is 7.52. The molecule has 0 N–H and O–H groups in total. The second-order valence-corrected chi connectivity index (χ2v) is 6.24. The van der Waals surface area contributed by atoms with Crippen molar-refractivity contribution in [1.29, 1.82) is 0 Å². The number of methoxy groups -OCH3 is 2. The SMILES string of the molecule is COC(=O)c1ccc(-c2cn(Cc3cc(Br)ccc3OC)nn2)cc1. The Morgan fingerprint density at radius 3 is 2.60 bits per heavy atom. The van der Waals surface area contributed by atoms with E-state index < -0.39 is 0 Å². The van der Waals surface area contributed by atoms with Gasteiger partial charge in [-0.1, -0.05) is 33.3 Å². The Kier molecular flexibility index (Phi) is 5.14. The summed E-state index contributed by atoms with van der Waals surface area (Å²) in [4.78, 5) is 11.5. The molecule has 0 atom stereocenters. The van der Waals surface area contributed by atoms with E-state index in [-0.39, 0.29) is 5.97 Å². The maximum Gasteiger partial charge on any atom is 0.337 e. The molecule has 0 saturated carbocycles. The molecule has 1 aromatic heterocycles. The van der Waals surface area contributed by atoms with Gasteiger partial charge < -0.3 is 9.47 Å². The van der Waals surface area contributed by atoms with Gasteiger partial charge in [0.2, 0.25) is 0 Å². The van der Waals surface area contributed by atoms with E-state index in [0.29, 0.717) is 12.1 Å². The highest BCUT2D eigenvalue weighted by Gasteiger charge is 2.10. The van der Waals surface area contributed by atoms with E-state index in [9.17, 15) is 4.79 Å². The lowest BCUT2D eigenvalue weighted by Gasteiger charge is -2.08. The van der Waals surface area contributed by atoms with Crippen LogP contribution in [0.15, 0.2) is 53.1 Å². The zero-order valence-electron chi connectivity index (χ0n) is 13.8. The fourth-order valence-corrected chi connectivity index (χ4v) is 2.86. The van der Waals surface area contributed by atoms with Crippen molar-refractivity contribution in [2.45, 2.75) is 6.54 Å². The van der Waals surface area contributed by atoms with Gasteiger partial charge in [0.15, 0.2) is 0 Å². The van der Waals surface area contributed by atoms with Gasteiger partial charge in [0.25, 0.3) is 0 Å². The van der Waals surface area contributed by atoms with Crippen molar-refractivity contribution < 1.29 is 14.3 Å². The van der Waals surface area contributed by atoms with Crippen LogP contribution in [0, 0.1) is 0 Å². The van der Waals surface area contributed by atoms with Gasteiger partial charge in [-0.2, -0.15) is 0 Å². The number of rotatable bonds is 5. The molecule has 0 aliphatic heterocycles. The van der Waals surface area contributed by atoms with Crippen LogP contribution in [0.1, 0.15) is 15.9 Å². The molecule has 0 fully saturated rings. The largest absolute Gasteiger partial charge is 0.496 e. The van der Waals surface area contributed by atoms with Crippen LogP contribution in [-0.2, 0) is 11.3 Å². The van der Waals surface area contributed by atoms with Crippen LogP contribution in [0.4, 0.5) is 0 Å². The molecule has 3 aromatic rings. The highest BCUT2D eigenvalue weighted by Crippen LogP contribution is 2.24. The summed E-state index contributed by atoms with van der Waals surface area (Å²) in [7, 11) is 3.00. The summed E-state index contributed by atoms with van der Waals surface area (Å²) in [6, 6.07) is 12.9. The first kappa shape index (κ1) is 17.2. The first-order valence-corrected chi connectivity index (χ1v) is 8.31. The van der Waals surface area contributed by atoms with Crippen LogP contribution in [0.2, 0.25) is 0 Å². The van der Waals surface area contributed by atoms with E-state index in [1.54, 1.807) is 23.9 Å². The predicted molar refractivity (Wildman–Crippen MR) is 96.6 cm³/mol. The van der Waals surface area contributed by atoms with Crippen LogP contribution >= 0.6 is 15.9 Å². The Labute approximate surface area is 153 Å². The molecule has 0 bridgehead atoms. The molecule has 2 aromatic carbocycles. The first-order chi connectivity index (χ1) is 12.1. The highest BCUT2D eigenvalue weighted by molar-refractivity contribution is 9.10. The van der Waals surface area contributed by atoms with Gasteiger partial charge in [-0.15, -0.1) is 5.10 Å². The molecule has 3 rings (SSSR count). The number of nitrogens with zero attached hydrogens (tertiary/aromatic N) is 3. The number of carbonyl (C=O) groups is 1. The summed E-state index contributed by atoms with van der Waals surface area (Å²) in [6.45, 7) is 0.538. The van der Waals surface area contributed by atoms with Gasteiger partial charge in [0.05, 0.1) is 32.5 Å². The number of hydrogen-bond donors (Lipinski definition) is 0. The predicted octanol–water partition coefficient (Wildman–Crippen LogP) is 3.55. The zero-order valence-corrected chi connectivity index (χ0v) is 15.4. The quantitative estimate of drug-likeness (QED) is 0.611. The topological polar surface area (TPSA) is 66.2 Å². The number of hydrogen-bond acceptors (Lipinski definition) is 5. The van der Waals surface area contributed by atoms with E-state index in [1.165, 1.54) is 7.11 Å². The molecule has 7 heteroatoms. The van der Waals surface area contributed by atoms with Gasteiger partial charge >= 0.3 is 5.97 Å². The second kappa shape index (κ2) is 7.48. The van der Waals surface area contributed by atoms with E-state index in [4.69, 9.17) is 9.47 Å². The average Bonchev–Trinajstić information content (AvgIpc) is 3.10. The molecule has 1 heterocycles. The van der Waals surface area contributed by atoms with Crippen molar-refractivity contribution in [3.05, 3.63) is 64.3 Å². The van der Waals surface area contributed by atoms with Crippen LogP contribution in [0.3, 0.4) is 0 Å². The average molecular weight is 402 g/mol. The van der Waals surface area contributed by atoms with Crippen LogP contribution in [0.5, 0.6) is 5.75 Å². The zero-order chi connectivity index (χ0) is 17.8. The van der Waals surface area contributed by atoms with Gasteiger partial charge in [-0.25, -0.2) is 9.48 Å². The Hall–Kier alpha value is -2.67. The fourth-order valence-electron chi connectivity index (χ4n) is 2.45. The monoisotopic (exact) mass is 401 g/mol. The number of aromatic nitrogens is 3. The van der Waals surface area contributed by atoms with Crippen LogP contribution in [-0.4, -0.2) is 35.2 Å². The van der Waals surface area contributed by atoms with Gasteiger partial charge in [-0.05, 0) is 30.3 Å². The fraction of sp³-hybridized carbons (Fsp3) is 0.167. The minimum absolute atomic E-state index is 0.364. The summed E-state index contributed by atoms with van der Waals surface area (Å²) in [5.74, 6) is 0.430. The Morgan fingerprint density at radius 1 is 1.16 bits per heavy atom. The standard InChI is InChI=1S/C18H16BrN3O3/c1-24-17-8-7-15(19)9-14(17)10-22-11-16(20-21-22)12-3-5-13(6-4-12)18(23)25-2/h3-9,11H,10H2,1-2H3. The highest BCUT2D eigenvalue weighted by atomic mass is 79.9. The summed E-state index contributed by atoms with van der Waals surface area (Å²) >= 11 is 3.47. The number of carbonyl (C=O) groups excluding carboxylic acids is 1. The molecular weight excluding hydrogens is 386 g/mol. The van der Waals surface area contributed by atoms with E-state index in [0.717, 1.165) is 27.0 Å². The van der Waals surface area contributed by atoms with Crippen molar-refractivity contribution >= 4 is 21.9 Å². The van der Waals surface area contributed by atoms with Crippen molar-refractivity contribution in [3.63, 3.8) is 0 Å². The molecule has 0 aliphatic carbocycles. The Bertz CT molecular complexity index is 891. The summed E-state index contributed by atoms with van der Waals surface area (Å²) in [5, 5.41) is 8.37. The summed E-state index contributed by atoms with van der Waals surface area (Å²) < 4.78 is 12.8. The number of esters is 1. The smallest absolute Gasteiger partial charge is 0.337 e. The molecule has 0 spiro atoms. The van der Waals surface area contributed by atoms with Crippen molar-refractivity contribution in [3.8, 4) is 17.0 Å². The van der Waals surface area contributed by atoms with Gasteiger partial charge in [-0.3, -0.25) is 0 Å². The molecule has 0 amide bonds. The van der Waals surface area contributed by atoms with Crippen molar-refractivity contribution in [2.75, 3.05) is 14.2 Å². The number of ether oxygens (including phenoxy) is 2. The second-order valence-electron chi connectivity index (χ2n) is 5.33. The summed E-state index contributed by atoms with van der Waals surface area (Å²) in [5.41, 5.74) is 3.09. The van der Waals surface area contributed by atoms with E-state index >= 15 is 0 Å². The molecule has 25 heavy (non-hydrogen) atoms. The molecular formula is C18H16BrN3O3. The third-order valence-corrected chi connectivity index (χ3v) is 4.21. The van der Waals surface area contributed by atoms with Crippen LogP contribution < -0.4 is 4.74 Å². The molecule has 0 unspecified atom stereocenters. The van der Waals surface area contributed by atoms with Crippen molar-refractivity contribution in [1.82, 2.24) is 15.0 Å². The van der Waals surface area contributed by atoms with E-state index in [2.05, 4.69) is 26.2 Å². The molecule has 0 radical (unpaired) electrons. The third-order valence-electron chi connectivity index (χ3n) is 3.72. The maximum atomic E-state index is 11.5. The molecule has 0 saturated heterocycles. The normalized spacial score (nSPS) is 10.5. The minimum Gasteiger partial charge on any atom is -0.496 e. The molecule has 0 aliphatic rings. The lowest BCUT2D eigenvalue weighted by atomic mass is 10.1. The molecule has 6 nitrogen and oxygen atoms in total. The lowest BCUT2D eigenvalue weighted by Crippen LogP contribution is -2.02. The Morgan fingerprint density at radius 2 is 1.92 bits per heavy atom. The Balaban J connectivity index is 1.81. The van der Waals surface area contributed by atoms with Gasteiger partial charge in [0.1, 0.15) is 11.4 Å². The maximum absolute atomic E-state index is 11.5. The number of halogens is 1. The third kappa shape index (κ3) is 3.88. The number of benzene rings is 2. The lowest BCUT2D eigenvalue weighted by molar-refractivity contribution is 0.0601. The van der Waals surface area contributed by atoms with Crippen molar-refractivity contribution in [2.24, 2.45) is 0 Å². The van der Waals surface area contributed by atoms with Crippen LogP contribution in [0.25, 0.3) is 11.3 Å².